The van der Waals surface area contributed by atoms with Gasteiger partial charge in [-0.25, -0.2) is 4.99 Å². The lowest BCUT2D eigenvalue weighted by Gasteiger charge is -1.88. The Morgan fingerprint density at radius 2 is 1.73 bits per heavy atom. The van der Waals surface area contributed by atoms with E-state index in [1.807, 2.05) is 13.8 Å². The van der Waals surface area contributed by atoms with Crippen molar-refractivity contribution in [1.82, 2.24) is 0 Å². The number of aliphatic hydroxyl groups excluding tert-OH is 1. The van der Waals surface area contributed by atoms with Crippen LogP contribution in [0.15, 0.2) is 16.7 Å². The molecule has 0 amide bonds. The molecule has 0 rings (SSSR count). The van der Waals surface area contributed by atoms with E-state index in [0.29, 0.717) is 0 Å². The lowest BCUT2D eigenvalue weighted by molar-refractivity contribution is 0.381. The molecule has 11 heavy (non-hydrogen) atoms. The van der Waals surface area contributed by atoms with Gasteiger partial charge in [0, 0.05) is 0 Å². The van der Waals surface area contributed by atoms with Gasteiger partial charge in [-0.15, -0.1) is 0 Å². The Balaban J connectivity index is 0. The Labute approximate surface area is 71.4 Å². The minimum atomic E-state index is -0.942. The lowest BCUT2D eigenvalue weighted by Crippen LogP contribution is -1.80. The van der Waals surface area contributed by atoms with Crippen LogP contribution in [0, 0.1) is 0 Å². The first-order chi connectivity index (χ1) is 5.04. The Bertz CT molecular complexity index is 158. The van der Waals surface area contributed by atoms with Crippen molar-refractivity contribution in [3.05, 3.63) is 11.7 Å². The van der Waals surface area contributed by atoms with Gasteiger partial charge in [0.05, 0.1) is 0 Å². The fourth-order valence-corrected chi connectivity index (χ4v) is 0.290. The fourth-order valence-electron chi connectivity index (χ4n) is 0.216. The molecule has 0 aromatic heterocycles. The van der Waals surface area contributed by atoms with Crippen molar-refractivity contribution < 1.29 is 9.50 Å². The summed E-state index contributed by atoms with van der Waals surface area (Å²) in [5.41, 5.74) is 0. The van der Waals surface area contributed by atoms with Crippen molar-refractivity contribution >= 4 is 16.8 Å². The van der Waals surface area contributed by atoms with Crippen LogP contribution in [0.5, 0.6) is 0 Å². The van der Waals surface area contributed by atoms with Gasteiger partial charge in [-0.3, -0.25) is 0 Å². The van der Waals surface area contributed by atoms with Crippen LogP contribution in [0.25, 0.3) is 0 Å². The molecule has 0 saturated heterocycles. The first kappa shape index (κ1) is 13.1. The average molecular weight is 182 g/mol. The maximum Gasteiger partial charge on any atom is 0.251 e. The molecule has 66 valence electrons. The van der Waals surface area contributed by atoms with Crippen LogP contribution in [0.1, 0.15) is 27.7 Å². The van der Waals surface area contributed by atoms with Crippen molar-refractivity contribution in [3.8, 4) is 0 Å². The molecule has 4 heteroatoms. The summed E-state index contributed by atoms with van der Waals surface area (Å²) in [6.45, 7) is 6.61. The Kier molecular flexibility index (Phi) is 8.94. The van der Waals surface area contributed by atoms with E-state index in [1.54, 1.807) is 0 Å². The van der Waals surface area contributed by atoms with Gasteiger partial charge in [0.1, 0.15) is 10.9 Å². The molecule has 0 bridgehead atoms. The van der Waals surface area contributed by atoms with Crippen LogP contribution in [0.4, 0.5) is 4.39 Å². The van der Waals surface area contributed by atoms with E-state index in [-0.39, 0.29) is 5.17 Å². The number of hydrogen-bond donors (Lipinski definition) is 1. The van der Waals surface area contributed by atoms with Crippen molar-refractivity contribution in [2.75, 3.05) is 0 Å². The fraction of sp³-hybridized carbons (Fsp3) is 0.571. The van der Waals surface area contributed by atoms with E-state index in [2.05, 4.69) is 4.99 Å². The minimum Gasteiger partial charge on any atom is -0.508 e. The molecule has 0 aliphatic heterocycles. The van der Waals surface area contributed by atoms with Crippen LogP contribution in [-0.2, 0) is 0 Å². The second-order valence-corrected chi connectivity index (χ2v) is 2.03. The average Bonchev–Trinajstić information content (AvgIpc) is 1.90. The summed E-state index contributed by atoms with van der Waals surface area (Å²) in [6.07, 6.45) is 0. The molecule has 0 radical (unpaired) electrons. The standard InChI is InChI=1S/C5H7ClFNO.C2H6/c1-3(9)5(7)8-4(2)6;1-2/h9H,1-2H3;1-2H3/b5-3+,8-4+;. The molecule has 0 aliphatic carbocycles. The van der Waals surface area contributed by atoms with Gasteiger partial charge in [-0.1, -0.05) is 25.4 Å². The van der Waals surface area contributed by atoms with Gasteiger partial charge in [-0.2, -0.15) is 4.39 Å². The smallest absolute Gasteiger partial charge is 0.251 e. The monoisotopic (exact) mass is 181 g/mol. The topological polar surface area (TPSA) is 32.6 Å². The molecule has 0 aromatic rings. The highest BCUT2D eigenvalue weighted by Crippen LogP contribution is 2.04. The minimum absolute atomic E-state index is 0.0564. The van der Waals surface area contributed by atoms with Crippen LogP contribution >= 0.6 is 11.6 Å². The van der Waals surface area contributed by atoms with E-state index < -0.39 is 11.7 Å². The molecule has 0 spiro atoms. The molecule has 0 aliphatic rings. The summed E-state index contributed by atoms with van der Waals surface area (Å²) in [5.74, 6) is -1.41. The van der Waals surface area contributed by atoms with Crippen molar-refractivity contribution in [2.45, 2.75) is 27.7 Å². The zero-order valence-corrected chi connectivity index (χ0v) is 7.91. The number of hydrogen-bond acceptors (Lipinski definition) is 2. The number of aliphatic imine (C=N–C) groups is 1. The number of rotatable bonds is 1. The summed E-state index contributed by atoms with van der Waals surface area (Å²) in [7, 11) is 0. The van der Waals surface area contributed by atoms with Crippen molar-refractivity contribution in [1.29, 1.82) is 0 Å². The Morgan fingerprint density at radius 1 is 1.36 bits per heavy atom. The predicted octanol–water partition coefficient (Wildman–Crippen LogP) is 3.39. The molecule has 0 unspecified atom stereocenters. The number of halogens is 2. The van der Waals surface area contributed by atoms with Crippen molar-refractivity contribution in [3.63, 3.8) is 0 Å². The van der Waals surface area contributed by atoms with E-state index in [1.165, 1.54) is 13.8 Å². The van der Waals surface area contributed by atoms with Crippen LogP contribution in [-0.4, -0.2) is 10.3 Å². The molecule has 0 aromatic carbocycles. The first-order valence-corrected chi connectivity index (χ1v) is 3.68. The van der Waals surface area contributed by atoms with Crippen molar-refractivity contribution in [2.24, 2.45) is 4.99 Å². The van der Waals surface area contributed by atoms with Crippen LogP contribution in [0.3, 0.4) is 0 Å². The maximum absolute atomic E-state index is 12.1. The second-order valence-electron chi connectivity index (χ2n) is 1.49. The number of allylic oxidation sites excluding steroid dienone is 1. The van der Waals surface area contributed by atoms with E-state index in [4.69, 9.17) is 16.7 Å². The maximum atomic E-state index is 12.1. The summed E-state index contributed by atoms with van der Waals surface area (Å²) in [6, 6.07) is 0. The van der Waals surface area contributed by atoms with Gasteiger partial charge in [0.25, 0.3) is 5.95 Å². The highest BCUT2D eigenvalue weighted by Gasteiger charge is 1.95. The predicted molar refractivity (Wildman–Crippen MR) is 46.7 cm³/mol. The number of aliphatic hydroxyl groups is 1. The first-order valence-electron chi connectivity index (χ1n) is 3.30. The normalized spacial score (nSPS) is 13.1. The summed E-state index contributed by atoms with van der Waals surface area (Å²) < 4.78 is 12.1. The summed E-state index contributed by atoms with van der Waals surface area (Å²) in [5, 5.41) is 8.47. The highest BCUT2D eigenvalue weighted by molar-refractivity contribution is 6.64. The molecule has 0 fully saturated rings. The third-order valence-electron chi connectivity index (χ3n) is 0.551. The summed E-state index contributed by atoms with van der Waals surface area (Å²) >= 11 is 5.18. The number of nitrogens with zero attached hydrogens (tertiary/aromatic N) is 1. The third-order valence-corrected chi connectivity index (χ3v) is 0.635. The molecule has 0 heterocycles. The second kappa shape index (κ2) is 7.54. The molecule has 0 atom stereocenters. The van der Waals surface area contributed by atoms with Crippen LogP contribution < -0.4 is 0 Å². The largest absolute Gasteiger partial charge is 0.508 e. The molecule has 1 N–H and O–H groups in total. The third kappa shape index (κ3) is 9.43. The van der Waals surface area contributed by atoms with E-state index in [9.17, 15) is 4.39 Å². The van der Waals surface area contributed by atoms with E-state index >= 15 is 0 Å². The summed E-state index contributed by atoms with van der Waals surface area (Å²) in [4.78, 5) is 3.12. The van der Waals surface area contributed by atoms with Gasteiger partial charge in [0.2, 0.25) is 0 Å². The highest BCUT2D eigenvalue weighted by atomic mass is 35.5. The SMILES string of the molecule is C/C(O)=C(F)\N=C(/C)Cl.CC. The molecular formula is C7H13ClFNO. The quantitative estimate of drug-likeness (QED) is 0.376. The van der Waals surface area contributed by atoms with Gasteiger partial charge < -0.3 is 5.11 Å². The van der Waals surface area contributed by atoms with Gasteiger partial charge in [-0.05, 0) is 13.8 Å². The molecule has 2 nitrogen and oxygen atoms in total. The molecule has 0 saturated carbocycles. The molecular weight excluding hydrogens is 169 g/mol. The van der Waals surface area contributed by atoms with E-state index in [0.717, 1.165) is 0 Å². The zero-order chi connectivity index (χ0) is 9.44. The Hall–Kier alpha value is -0.570. The van der Waals surface area contributed by atoms with Gasteiger partial charge >= 0.3 is 0 Å². The Morgan fingerprint density at radius 3 is 1.82 bits per heavy atom. The zero-order valence-electron chi connectivity index (χ0n) is 7.15. The lowest BCUT2D eigenvalue weighted by atomic mass is 10.6. The van der Waals surface area contributed by atoms with Gasteiger partial charge in [0.15, 0.2) is 0 Å². The van der Waals surface area contributed by atoms with Crippen LogP contribution in [0.2, 0.25) is 0 Å².